The van der Waals surface area contributed by atoms with E-state index in [0.29, 0.717) is 13.0 Å². The van der Waals surface area contributed by atoms with Gasteiger partial charge in [-0.1, -0.05) is 30.3 Å². The van der Waals surface area contributed by atoms with Crippen molar-refractivity contribution in [1.29, 1.82) is 0 Å². The molecule has 0 unspecified atom stereocenters. The van der Waals surface area contributed by atoms with Crippen LogP contribution in [0.2, 0.25) is 0 Å². The van der Waals surface area contributed by atoms with Crippen LogP contribution in [0.5, 0.6) is 0 Å². The number of aromatic amines is 1. The second-order valence-electron chi connectivity index (χ2n) is 6.68. The quantitative estimate of drug-likeness (QED) is 0.531. The Morgan fingerprint density at radius 1 is 1.14 bits per heavy atom. The fraction of sp³-hybridized carbons (Fsp3) is 0.136. The van der Waals surface area contributed by atoms with Crippen molar-refractivity contribution < 1.29 is 9.18 Å². The van der Waals surface area contributed by atoms with E-state index in [0.717, 1.165) is 16.5 Å². The van der Waals surface area contributed by atoms with Gasteiger partial charge in [0.05, 0.1) is 12.0 Å². The summed E-state index contributed by atoms with van der Waals surface area (Å²) in [4.78, 5) is 31.8. The molecule has 2 aromatic carbocycles. The first kappa shape index (κ1) is 18.6. The number of para-hydroxylation sites is 1. The van der Waals surface area contributed by atoms with E-state index >= 15 is 0 Å². The van der Waals surface area contributed by atoms with Crippen LogP contribution in [-0.2, 0) is 17.8 Å². The third-order valence-corrected chi connectivity index (χ3v) is 4.73. The lowest BCUT2D eigenvalue weighted by Crippen LogP contribution is -2.33. The maximum Gasteiger partial charge on any atom is 0.254 e. The molecule has 4 rings (SSSR count). The summed E-state index contributed by atoms with van der Waals surface area (Å²) in [7, 11) is 0. The van der Waals surface area contributed by atoms with E-state index in [1.807, 2.05) is 30.5 Å². The highest BCUT2D eigenvalue weighted by atomic mass is 19.1. The highest BCUT2D eigenvalue weighted by Crippen LogP contribution is 2.19. The molecular weight excluding hydrogens is 371 g/mol. The Kier molecular flexibility index (Phi) is 5.20. The second kappa shape index (κ2) is 8.10. The van der Waals surface area contributed by atoms with Crippen molar-refractivity contribution in [1.82, 2.24) is 19.9 Å². The van der Waals surface area contributed by atoms with Crippen LogP contribution in [0.15, 0.2) is 71.9 Å². The van der Waals surface area contributed by atoms with Crippen LogP contribution >= 0.6 is 0 Å². The van der Waals surface area contributed by atoms with E-state index in [9.17, 15) is 14.0 Å². The Hall–Kier alpha value is -3.74. The maximum atomic E-state index is 13.9. The summed E-state index contributed by atoms with van der Waals surface area (Å²) in [6.07, 6.45) is 3.88. The van der Waals surface area contributed by atoms with Gasteiger partial charge in [0.25, 0.3) is 5.56 Å². The van der Waals surface area contributed by atoms with Gasteiger partial charge in [-0.15, -0.1) is 0 Å². The number of benzene rings is 2. The van der Waals surface area contributed by atoms with Crippen molar-refractivity contribution in [3.63, 3.8) is 0 Å². The summed E-state index contributed by atoms with van der Waals surface area (Å²) in [5, 5.41) is 3.95. The zero-order chi connectivity index (χ0) is 20.2. The number of carbonyl (C=O) groups is 1. The number of halogens is 1. The Balaban J connectivity index is 1.37. The predicted molar refractivity (Wildman–Crippen MR) is 109 cm³/mol. The van der Waals surface area contributed by atoms with Crippen LogP contribution in [0, 0.1) is 5.82 Å². The normalized spacial score (nSPS) is 10.9. The molecule has 0 aliphatic rings. The maximum absolute atomic E-state index is 13.9. The molecule has 0 atom stereocenters. The molecule has 146 valence electrons. The molecule has 0 fully saturated rings. The molecule has 2 heterocycles. The van der Waals surface area contributed by atoms with E-state index < -0.39 is 11.4 Å². The summed E-state index contributed by atoms with van der Waals surface area (Å²) in [6.45, 7) is 0.313. The van der Waals surface area contributed by atoms with Gasteiger partial charge in [0.2, 0.25) is 5.91 Å². The number of hydrogen-bond donors (Lipinski definition) is 2. The van der Waals surface area contributed by atoms with Gasteiger partial charge >= 0.3 is 0 Å². The molecule has 1 amide bonds. The number of H-pyrrole nitrogens is 1. The first-order valence-corrected chi connectivity index (χ1v) is 9.25. The number of rotatable bonds is 6. The molecule has 2 N–H and O–H groups in total. The second-order valence-corrected chi connectivity index (χ2v) is 6.68. The molecule has 0 aliphatic carbocycles. The van der Waals surface area contributed by atoms with Gasteiger partial charge in [0, 0.05) is 35.3 Å². The largest absolute Gasteiger partial charge is 0.361 e. The first-order valence-electron chi connectivity index (χ1n) is 9.25. The topological polar surface area (TPSA) is 79.8 Å². The van der Waals surface area contributed by atoms with E-state index in [2.05, 4.69) is 15.3 Å². The minimum Gasteiger partial charge on any atom is -0.361 e. The van der Waals surface area contributed by atoms with Crippen molar-refractivity contribution in [2.75, 3.05) is 6.54 Å². The summed E-state index contributed by atoms with van der Waals surface area (Å²) >= 11 is 0. The lowest BCUT2D eigenvalue weighted by atomic mass is 10.1. The molecule has 6 nitrogen and oxygen atoms in total. The zero-order valence-electron chi connectivity index (χ0n) is 15.6. The smallest absolute Gasteiger partial charge is 0.254 e. The Bertz CT molecular complexity index is 1230. The average molecular weight is 390 g/mol. The minimum absolute atomic E-state index is 0.142. The summed E-state index contributed by atoms with van der Waals surface area (Å²) in [5.74, 6) is -0.737. The minimum atomic E-state index is -0.452. The third-order valence-electron chi connectivity index (χ3n) is 4.73. The molecule has 0 bridgehead atoms. The Morgan fingerprint density at radius 2 is 1.93 bits per heavy atom. The summed E-state index contributed by atoms with van der Waals surface area (Å²) < 4.78 is 15.1. The molecule has 0 spiro atoms. The van der Waals surface area contributed by atoms with Crippen molar-refractivity contribution in [3.8, 4) is 11.3 Å². The lowest BCUT2D eigenvalue weighted by Gasteiger charge is -2.08. The molecule has 2 aromatic heterocycles. The zero-order valence-corrected chi connectivity index (χ0v) is 15.6. The number of carbonyl (C=O) groups excluding carboxylic acids is 1. The van der Waals surface area contributed by atoms with Crippen molar-refractivity contribution in [2.24, 2.45) is 0 Å². The summed E-state index contributed by atoms with van der Waals surface area (Å²) in [5.41, 5.74) is 2.25. The number of hydrogen-bond acceptors (Lipinski definition) is 3. The number of aromatic nitrogens is 3. The first-order chi connectivity index (χ1) is 14.1. The van der Waals surface area contributed by atoms with Gasteiger partial charge in [-0.2, -0.15) is 0 Å². The van der Waals surface area contributed by atoms with Gasteiger partial charge in [-0.05, 0) is 30.2 Å². The van der Waals surface area contributed by atoms with Crippen LogP contribution in [0.4, 0.5) is 4.39 Å². The van der Waals surface area contributed by atoms with Gasteiger partial charge < -0.3 is 10.3 Å². The van der Waals surface area contributed by atoms with Gasteiger partial charge in [0.1, 0.15) is 12.4 Å². The van der Waals surface area contributed by atoms with Crippen LogP contribution in [0.3, 0.4) is 0 Å². The van der Waals surface area contributed by atoms with Gasteiger partial charge in [-0.3, -0.25) is 14.2 Å². The number of nitrogens with zero attached hydrogens (tertiary/aromatic N) is 2. The van der Waals surface area contributed by atoms with Crippen LogP contribution < -0.4 is 10.9 Å². The predicted octanol–water partition coefficient (Wildman–Crippen LogP) is 2.89. The third kappa shape index (κ3) is 4.08. The number of nitrogens with one attached hydrogen (secondary N) is 2. The highest BCUT2D eigenvalue weighted by Gasteiger charge is 2.10. The fourth-order valence-corrected chi connectivity index (χ4v) is 3.25. The van der Waals surface area contributed by atoms with Gasteiger partial charge in [0.15, 0.2) is 0 Å². The lowest BCUT2D eigenvalue weighted by molar-refractivity contribution is -0.121. The molecule has 4 aromatic rings. The van der Waals surface area contributed by atoms with E-state index in [1.54, 1.807) is 18.2 Å². The van der Waals surface area contributed by atoms with Crippen molar-refractivity contribution in [2.45, 2.75) is 13.0 Å². The SMILES string of the molecule is O=C(Cn1cnc(-c2ccccc2F)cc1=O)NCCc1c[nH]c2ccccc12. The van der Waals surface area contributed by atoms with Crippen LogP contribution in [-0.4, -0.2) is 27.0 Å². The number of fused-ring (bicyclic) bond motifs is 1. The Labute approximate surface area is 166 Å². The monoisotopic (exact) mass is 390 g/mol. The number of amides is 1. The average Bonchev–Trinajstić information content (AvgIpc) is 3.13. The van der Waals surface area contributed by atoms with E-state index in [4.69, 9.17) is 0 Å². The fourth-order valence-electron chi connectivity index (χ4n) is 3.25. The van der Waals surface area contributed by atoms with Gasteiger partial charge in [-0.25, -0.2) is 9.37 Å². The Morgan fingerprint density at radius 3 is 2.76 bits per heavy atom. The van der Waals surface area contributed by atoms with Crippen LogP contribution in [0.25, 0.3) is 22.2 Å². The molecular formula is C22H19FN4O2. The van der Waals surface area contributed by atoms with Crippen LogP contribution in [0.1, 0.15) is 5.56 Å². The van der Waals surface area contributed by atoms with Crippen molar-refractivity contribution >= 4 is 16.8 Å². The highest BCUT2D eigenvalue weighted by molar-refractivity contribution is 5.83. The molecule has 7 heteroatoms. The molecule has 29 heavy (non-hydrogen) atoms. The molecule has 0 aliphatic heterocycles. The molecule has 0 saturated heterocycles. The molecule has 0 radical (unpaired) electrons. The van der Waals surface area contributed by atoms with E-state index in [1.165, 1.54) is 23.0 Å². The standard InChI is InChI=1S/C22H19FN4O2/c23-18-7-3-1-6-17(18)20-11-22(29)27(14-26-20)13-21(28)24-10-9-15-12-25-19-8-4-2-5-16(15)19/h1-8,11-12,14,25H,9-10,13H2,(H,24,28). The molecule has 0 saturated carbocycles. The van der Waals surface area contributed by atoms with Crippen molar-refractivity contribution in [3.05, 3.63) is 88.9 Å². The summed E-state index contributed by atoms with van der Waals surface area (Å²) in [6, 6.07) is 15.3. The van der Waals surface area contributed by atoms with E-state index in [-0.39, 0.29) is 23.7 Å².